The monoisotopic (exact) mass is 956 g/mol. The molecule has 5 aromatic heterocycles. The molecule has 0 amide bonds. The van der Waals surface area contributed by atoms with Crippen molar-refractivity contribution in [2.75, 3.05) is 0 Å². The zero-order chi connectivity index (χ0) is 49.5. The van der Waals surface area contributed by atoms with Crippen molar-refractivity contribution < 1.29 is 13.3 Å². The number of fused-ring (bicyclic) bond motifs is 18. The molecule has 75 heavy (non-hydrogen) atoms. The first-order valence-corrected chi connectivity index (χ1v) is 24.9. The predicted molar refractivity (Wildman–Crippen MR) is 304 cm³/mol. The molecule has 0 unspecified atom stereocenters. The summed E-state index contributed by atoms with van der Waals surface area (Å²) in [5, 5.41) is 21.8. The fraction of sp³-hybridized carbons (Fsp3) is 0. The Balaban J connectivity index is 1.22. The predicted octanol–water partition coefficient (Wildman–Crippen LogP) is 19.0. The second kappa shape index (κ2) is 15.5. The highest BCUT2D eigenvalue weighted by atomic mass is 16.3. The number of aromatic nitrogens is 2. The van der Waals surface area contributed by atoms with E-state index in [1.165, 1.54) is 0 Å². The van der Waals surface area contributed by atoms with Crippen molar-refractivity contribution in [3.63, 3.8) is 0 Å². The summed E-state index contributed by atoms with van der Waals surface area (Å²) in [5.41, 5.74) is 14.1. The van der Waals surface area contributed by atoms with E-state index in [9.17, 15) is 11.8 Å². The first-order valence-electron chi connectivity index (χ1n) is 24.9. The molecule has 0 aliphatic heterocycles. The second-order valence-corrected chi connectivity index (χ2v) is 19.2. The Morgan fingerprint density at radius 1 is 0.373 bits per heavy atom. The summed E-state index contributed by atoms with van der Waals surface area (Å²) in [5.74, 6) is 0. The van der Waals surface area contributed by atoms with Crippen molar-refractivity contribution >= 4 is 115 Å². The number of hydrogen-bond donors (Lipinski definition) is 0. The molecule has 0 aliphatic carbocycles. The molecule has 16 aromatic rings. The Morgan fingerprint density at radius 3 is 1.29 bits per heavy atom. The number of nitriles is 1. The highest BCUT2D eigenvalue weighted by Crippen LogP contribution is 2.55. The molecular weight excluding hydrogens is 921 g/mol. The molecule has 7 heteroatoms. The standard InChI is InChI=1S/C68H36N4O3/c1-70-60-57(40-20-7-3-8-21-40)52(38-69)61(71-53-28-17-27-42(39-18-5-2-6-19-39)59(53)51-37-36-50-45-26-13-16-31-56(45)75-68(50)64(51)71)58(41-22-9-4-10-23-41)65(60)72-62-46(32-34-48-43-24-11-14-29-54(43)73-66(48)62)47-33-35-49-44-25-12-15-30-55(44)74-67(49)63(47)72/h2-37H. The van der Waals surface area contributed by atoms with Gasteiger partial charge in [-0.25, -0.2) is 4.85 Å². The summed E-state index contributed by atoms with van der Waals surface area (Å²) >= 11 is 0. The Morgan fingerprint density at radius 2 is 0.800 bits per heavy atom. The van der Waals surface area contributed by atoms with Gasteiger partial charge >= 0.3 is 0 Å². The van der Waals surface area contributed by atoms with Crippen LogP contribution < -0.4 is 0 Å². The number of nitrogens with zero attached hydrogens (tertiary/aromatic N) is 4. The van der Waals surface area contributed by atoms with Gasteiger partial charge in [0.1, 0.15) is 22.8 Å². The maximum absolute atomic E-state index is 12.2. The molecule has 346 valence electrons. The average Bonchev–Trinajstić information content (AvgIpc) is 4.47. The minimum absolute atomic E-state index is 0.306. The lowest BCUT2D eigenvalue weighted by molar-refractivity contribution is 0.669. The Labute approximate surface area is 426 Å². The molecule has 0 N–H and O–H groups in total. The van der Waals surface area contributed by atoms with Gasteiger partial charge in [0, 0.05) is 65.0 Å². The average molecular weight is 957 g/mol. The smallest absolute Gasteiger partial charge is 0.220 e. The van der Waals surface area contributed by atoms with Crippen molar-refractivity contribution in [3.8, 4) is 50.8 Å². The van der Waals surface area contributed by atoms with Crippen molar-refractivity contribution in [3.05, 3.63) is 235 Å². The van der Waals surface area contributed by atoms with E-state index >= 15 is 0 Å². The van der Waals surface area contributed by atoms with Gasteiger partial charge in [-0.2, -0.15) is 5.26 Å². The summed E-state index contributed by atoms with van der Waals surface area (Å²) in [6.45, 7) is 9.56. The summed E-state index contributed by atoms with van der Waals surface area (Å²) in [6.07, 6.45) is 0. The number of furan rings is 3. The molecule has 7 nitrogen and oxygen atoms in total. The molecule has 0 saturated carbocycles. The molecule has 0 saturated heterocycles. The van der Waals surface area contributed by atoms with Crippen molar-refractivity contribution in [1.29, 1.82) is 5.26 Å². The van der Waals surface area contributed by atoms with Crippen LogP contribution in [-0.2, 0) is 0 Å². The molecule has 0 aliphatic rings. The normalized spacial score (nSPS) is 12.0. The van der Waals surface area contributed by atoms with Crippen LogP contribution in [0.15, 0.2) is 232 Å². The molecule has 0 fully saturated rings. The molecule has 0 radical (unpaired) electrons. The van der Waals surface area contributed by atoms with Gasteiger partial charge in [0.2, 0.25) is 5.69 Å². The zero-order valence-electron chi connectivity index (χ0n) is 39.8. The van der Waals surface area contributed by atoms with E-state index in [0.29, 0.717) is 50.5 Å². The molecule has 0 atom stereocenters. The van der Waals surface area contributed by atoms with Crippen molar-refractivity contribution in [1.82, 2.24) is 9.13 Å². The molecule has 0 bridgehead atoms. The van der Waals surface area contributed by atoms with Crippen LogP contribution in [0.5, 0.6) is 0 Å². The van der Waals surface area contributed by atoms with Crippen molar-refractivity contribution in [2.45, 2.75) is 0 Å². The van der Waals surface area contributed by atoms with Gasteiger partial charge in [0.05, 0.1) is 45.6 Å². The molecule has 5 heterocycles. The summed E-state index contributed by atoms with van der Waals surface area (Å²) < 4.78 is 25.7. The van der Waals surface area contributed by atoms with Crippen LogP contribution in [0, 0.1) is 17.9 Å². The maximum atomic E-state index is 12.2. The van der Waals surface area contributed by atoms with E-state index in [1.54, 1.807) is 0 Å². The Kier molecular flexibility index (Phi) is 8.46. The number of rotatable bonds is 5. The summed E-state index contributed by atoms with van der Waals surface area (Å²) in [4.78, 5) is 4.63. The van der Waals surface area contributed by atoms with Gasteiger partial charge in [-0.1, -0.05) is 176 Å². The number of hydrogen-bond acceptors (Lipinski definition) is 4. The van der Waals surface area contributed by atoms with Crippen LogP contribution in [0.2, 0.25) is 0 Å². The van der Waals surface area contributed by atoms with Crippen molar-refractivity contribution in [2.24, 2.45) is 0 Å². The van der Waals surface area contributed by atoms with Gasteiger partial charge in [-0.15, -0.1) is 0 Å². The maximum Gasteiger partial charge on any atom is 0.220 e. The number of para-hydroxylation sites is 3. The summed E-state index contributed by atoms with van der Waals surface area (Å²) in [6, 6.07) is 77.2. The lowest BCUT2D eigenvalue weighted by atomic mass is 9.88. The summed E-state index contributed by atoms with van der Waals surface area (Å²) in [7, 11) is 0. The molecule has 16 rings (SSSR count). The number of benzene rings is 11. The third-order valence-electron chi connectivity index (χ3n) is 15.4. The van der Waals surface area contributed by atoms with E-state index in [-0.39, 0.29) is 0 Å². The fourth-order valence-electron chi connectivity index (χ4n) is 12.3. The largest absolute Gasteiger partial charge is 0.454 e. The molecule has 0 spiro atoms. The van der Waals surface area contributed by atoms with Gasteiger partial charge in [-0.3, -0.25) is 0 Å². The quantitative estimate of drug-likeness (QED) is 0.161. The lowest BCUT2D eigenvalue weighted by Gasteiger charge is -2.25. The van der Waals surface area contributed by atoms with E-state index in [2.05, 4.69) is 129 Å². The fourth-order valence-corrected chi connectivity index (χ4v) is 12.3. The minimum atomic E-state index is 0.306. The topological polar surface area (TPSA) is 77.4 Å². The second-order valence-electron chi connectivity index (χ2n) is 19.2. The lowest BCUT2D eigenvalue weighted by Crippen LogP contribution is -2.09. The molecule has 11 aromatic carbocycles. The van der Waals surface area contributed by atoms with Gasteiger partial charge < -0.3 is 22.4 Å². The van der Waals surface area contributed by atoms with E-state index < -0.39 is 0 Å². The van der Waals surface area contributed by atoms with Gasteiger partial charge in [0.25, 0.3) is 0 Å². The van der Waals surface area contributed by atoms with Crippen LogP contribution in [0.1, 0.15) is 5.56 Å². The minimum Gasteiger partial charge on any atom is -0.454 e. The van der Waals surface area contributed by atoms with Gasteiger partial charge in [-0.05, 0) is 64.7 Å². The van der Waals surface area contributed by atoms with E-state index in [0.717, 1.165) is 115 Å². The molecular formula is C68H36N4O3. The highest BCUT2D eigenvalue weighted by Gasteiger charge is 2.34. The highest BCUT2D eigenvalue weighted by molar-refractivity contribution is 6.29. The van der Waals surface area contributed by atoms with Crippen LogP contribution in [0.3, 0.4) is 0 Å². The van der Waals surface area contributed by atoms with Gasteiger partial charge in [0.15, 0.2) is 16.7 Å². The Hall–Kier alpha value is -10.6. The Bertz CT molecular complexity index is 5070. The van der Waals surface area contributed by atoms with Crippen LogP contribution >= 0.6 is 0 Å². The van der Waals surface area contributed by atoms with Crippen LogP contribution in [0.25, 0.3) is 159 Å². The van der Waals surface area contributed by atoms with Crippen LogP contribution in [0.4, 0.5) is 5.69 Å². The first-order chi connectivity index (χ1) is 37.2. The van der Waals surface area contributed by atoms with E-state index in [4.69, 9.17) is 13.3 Å². The van der Waals surface area contributed by atoms with E-state index in [1.807, 2.05) is 109 Å². The van der Waals surface area contributed by atoms with Crippen LogP contribution in [-0.4, -0.2) is 9.13 Å². The third-order valence-corrected chi connectivity index (χ3v) is 15.4. The zero-order valence-corrected chi connectivity index (χ0v) is 39.8. The first kappa shape index (κ1) is 41.1. The SMILES string of the molecule is [C-]#[N+]c1c(-c2ccccc2)c(C#N)c(-n2c3cccc(-c4ccccc4)c3c3ccc4c5ccccc5oc4c32)c(-c2ccccc2)c1-n1c2c(ccc3c4ccccc4oc32)c2ccc3c4ccccc4oc3c21. The third kappa shape index (κ3) is 5.56.